The molecule has 1 aromatic rings. The van der Waals surface area contributed by atoms with E-state index in [0.717, 1.165) is 24.7 Å². The third-order valence-electron chi connectivity index (χ3n) is 4.49. The van der Waals surface area contributed by atoms with Crippen molar-refractivity contribution in [2.24, 2.45) is 5.92 Å². The Hall–Kier alpha value is -1.43. The van der Waals surface area contributed by atoms with Crippen LogP contribution in [0.1, 0.15) is 51.5 Å². The number of carbonyl (C=O) groups excluding carboxylic acids is 1. The van der Waals surface area contributed by atoms with Crippen LogP contribution in [0.2, 0.25) is 0 Å². The largest absolute Gasteiger partial charge is 0.490 e. The Labute approximate surface area is 149 Å². The molecular weight excluding hydrogens is 343 g/mol. The van der Waals surface area contributed by atoms with Crippen molar-refractivity contribution < 1.29 is 22.3 Å². The number of hydrogen-bond donors (Lipinski definition) is 0. The van der Waals surface area contributed by atoms with Crippen LogP contribution in [0.25, 0.3) is 0 Å². The summed E-state index contributed by atoms with van der Waals surface area (Å²) in [6.07, 6.45) is 4.50. The zero-order chi connectivity index (χ0) is 18.5. The van der Waals surface area contributed by atoms with Crippen LogP contribution in [0.4, 0.5) is 4.39 Å². The van der Waals surface area contributed by atoms with Crippen LogP contribution < -0.4 is 4.74 Å². The first-order valence-electron chi connectivity index (χ1n) is 8.80. The minimum Gasteiger partial charge on any atom is -0.490 e. The molecule has 4 nitrogen and oxygen atoms in total. The summed E-state index contributed by atoms with van der Waals surface area (Å²) in [6.45, 7) is 4.19. The fraction of sp³-hybridized carbons (Fsp3) is 0.632. The monoisotopic (exact) mass is 370 g/mol. The molecule has 0 amide bonds. The average molecular weight is 370 g/mol. The Bertz CT molecular complexity index is 693. The summed E-state index contributed by atoms with van der Waals surface area (Å²) in [4.78, 5) is 10.3. The molecule has 0 aliphatic heterocycles. The second-order valence-electron chi connectivity index (χ2n) is 7.54. The van der Waals surface area contributed by atoms with E-state index in [-0.39, 0.29) is 17.3 Å². The molecule has 0 atom stereocenters. The Kier molecular flexibility index (Phi) is 6.60. The van der Waals surface area contributed by atoms with Gasteiger partial charge in [-0.15, -0.1) is 0 Å². The Morgan fingerprint density at radius 2 is 2.00 bits per heavy atom. The van der Waals surface area contributed by atoms with Crippen LogP contribution in [-0.4, -0.2) is 32.8 Å². The molecule has 6 heteroatoms. The van der Waals surface area contributed by atoms with Crippen molar-refractivity contribution in [3.63, 3.8) is 0 Å². The minimum atomic E-state index is -3.26. The highest BCUT2D eigenvalue weighted by atomic mass is 32.2. The van der Waals surface area contributed by atoms with E-state index in [1.54, 1.807) is 12.1 Å². The number of rotatable bonds is 11. The average Bonchev–Trinajstić information content (AvgIpc) is 3.34. The van der Waals surface area contributed by atoms with E-state index in [0.29, 0.717) is 31.8 Å². The maximum absolute atomic E-state index is 13.9. The maximum atomic E-state index is 13.9. The standard InChI is InChI=1S/C19H27FO4S/c1-19(2,14-25(22,23)11-5-3-4-10-21)16-8-9-17(20)18(12-16)24-13-15-6-7-15/h8-10,12,15H,3-7,11,13-14H2,1-2H3. The van der Waals surface area contributed by atoms with E-state index in [1.165, 1.54) is 6.07 Å². The molecule has 1 saturated carbocycles. The zero-order valence-electron chi connectivity index (χ0n) is 15.0. The van der Waals surface area contributed by atoms with E-state index in [1.807, 2.05) is 13.8 Å². The number of sulfone groups is 1. The van der Waals surface area contributed by atoms with E-state index in [9.17, 15) is 17.6 Å². The second-order valence-corrected chi connectivity index (χ2v) is 9.72. The van der Waals surface area contributed by atoms with E-state index in [2.05, 4.69) is 0 Å². The number of aldehydes is 1. The molecule has 1 aromatic carbocycles. The molecule has 0 aromatic heterocycles. The molecule has 25 heavy (non-hydrogen) atoms. The zero-order valence-corrected chi connectivity index (χ0v) is 15.8. The molecule has 0 bridgehead atoms. The lowest BCUT2D eigenvalue weighted by Gasteiger charge is -2.26. The fourth-order valence-electron chi connectivity index (χ4n) is 2.78. The molecule has 1 aliphatic carbocycles. The number of carbonyl (C=O) groups is 1. The Morgan fingerprint density at radius 1 is 1.28 bits per heavy atom. The van der Waals surface area contributed by atoms with Crippen molar-refractivity contribution in [3.05, 3.63) is 29.6 Å². The number of ether oxygens (including phenoxy) is 1. The highest BCUT2D eigenvalue weighted by Gasteiger charge is 2.29. The SMILES string of the molecule is CC(C)(CS(=O)(=O)CCCCC=O)c1ccc(F)c(OCC2CC2)c1. The number of halogens is 1. The van der Waals surface area contributed by atoms with Gasteiger partial charge in [-0.05, 0) is 49.3 Å². The number of unbranched alkanes of at least 4 members (excludes halogenated alkanes) is 2. The summed E-state index contributed by atoms with van der Waals surface area (Å²) in [6, 6.07) is 4.59. The summed E-state index contributed by atoms with van der Waals surface area (Å²) in [5.41, 5.74) is 0.102. The smallest absolute Gasteiger partial charge is 0.165 e. The van der Waals surface area contributed by atoms with Crippen molar-refractivity contribution in [2.75, 3.05) is 18.1 Å². The first kappa shape index (κ1) is 19.9. The predicted molar refractivity (Wildman–Crippen MR) is 96.2 cm³/mol. The summed E-state index contributed by atoms with van der Waals surface area (Å²) in [5.74, 6) is 0.339. The molecule has 0 radical (unpaired) electrons. The normalized spacial score (nSPS) is 15.2. The van der Waals surface area contributed by atoms with Crippen LogP contribution in [-0.2, 0) is 20.0 Å². The molecule has 1 fully saturated rings. The van der Waals surface area contributed by atoms with Gasteiger partial charge < -0.3 is 9.53 Å². The van der Waals surface area contributed by atoms with E-state index in [4.69, 9.17) is 4.74 Å². The molecule has 0 spiro atoms. The van der Waals surface area contributed by atoms with Gasteiger partial charge in [-0.1, -0.05) is 19.9 Å². The molecule has 140 valence electrons. The highest BCUT2D eigenvalue weighted by molar-refractivity contribution is 7.91. The van der Waals surface area contributed by atoms with E-state index >= 15 is 0 Å². The van der Waals surface area contributed by atoms with E-state index < -0.39 is 21.1 Å². The Balaban J connectivity index is 2.03. The van der Waals surface area contributed by atoms with Crippen LogP contribution in [0.5, 0.6) is 5.75 Å². The highest BCUT2D eigenvalue weighted by Crippen LogP contribution is 2.33. The van der Waals surface area contributed by atoms with Crippen molar-refractivity contribution >= 4 is 16.1 Å². The van der Waals surface area contributed by atoms with Gasteiger partial charge >= 0.3 is 0 Å². The summed E-state index contributed by atoms with van der Waals surface area (Å²) in [5, 5.41) is 0. The first-order valence-corrected chi connectivity index (χ1v) is 10.6. The van der Waals surface area contributed by atoms with Gasteiger partial charge in [0, 0.05) is 11.8 Å². The lowest BCUT2D eigenvalue weighted by Crippen LogP contribution is -2.30. The first-order chi connectivity index (χ1) is 11.7. The number of hydrogen-bond acceptors (Lipinski definition) is 4. The quantitative estimate of drug-likeness (QED) is 0.440. The van der Waals surface area contributed by atoms with Crippen molar-refractivity contribution in [1.82, 2.24) is 0 Å². The van der Waals surface area contributed by atoms with Gasteiger partial charge in [-0.2, -0.15) is 0 Å². The lowest BCUT2D eigenvalue weighted by molar-refractivity contribution is -0.107. The molecule has 0 unspecified atom stereocenters. The van der Waals surface area contributed by atoms with Crippen molar-refractivity contribution in [1.29, 1.82) is 0 Å². The van der Waals surface area contributed by atoms with Gasteiger partial charge in [0.05, 0.1) is 18.1 Å². The minimum absolute atomic E-state index is 0.0191. The molecule has 2 rings (SSSR count). The fourth-order valence-corrected chi connectivity index (χ4v) is 4.84. The van der Waals surface area contributed by atoms with Gasteiger partial charge in [-0.25, -0.2) is 12.8 Å². The molecule has 1 aliphatic rings. The summed E-state index contributed by atoms with van der Waals surface area (Å²) >= 11 is 0. The van der Waals surface area contributed by atoms with Gasteiger partial charge in [0.25, 0.3) is 0 Å². The third kappa shape index (κ3) is 6.42. The molecule has 0 N–H and O–H groups in total. The second kappa shape index (κ2) is 8.30. The molecule has 0 saturated heterocycles. The van der Waals surface area contributed by atoms with Gasteiger partial charge in [0.1, 0.15) is 6.29 Å². The maximum Gasteiger partial charge on any atom is 0.165 e. The topological polar surface area (TPSA) is 60.4 Å². The number of benzene rings is 1. The van der Waals surface area contributed by atoms with Crippen molar-refractivity contribution in [2.45, 2.75) is 51.4 Å². The summed E-state index contributed by atoms with van der Waals surface area (Å²) < 4.78 is 44.2. The van der Waals surface area contributed by atoms with Crippen LogP contribution in [0.3, 0.4) is 0 Å². The van der Waals surface area contributed by atoms with Gasteiger partial charge in [-0.3, -0.25) is 0 Å². The molecular formula is C19H27FO4S. The van der Waals surface area contributed by atoms with Crippen LogP contribution in [0, 0.1) is 11.7 Å². The van der Waals surface area contributed by atoms with Crippen LogP contribution >= 0.6 is 0 Å². The third-order valence-corrected chi connectivity index (χ3v) is 6.56. The lowest BCUT2D eigenvalue weighted by atomic mass is 9.86. The predicted octanol–water partition coefficient (Wildman–Crippen LogP) is 3.68. The summed E-state index contributed by atoms with van der Waals surface area (Å²) in [7, 11) is -3.26. The van der Waals surface area contributed by atoms with Gasteiger partial charge in [0.15, 0.2) is 21.4 Å². The van der Waals surface area contributed by atoms with Crippen molar-refractivity contribution in [3.8, 4) is 5.75 Å². The van der Waals surface area contributed by atoms with Gasteiger partial charge in [0.2, 0.25) is 0 Å². The Morgan fingerprint density at radius 3 is 2.64 bits per heavy atom. The van der Waals surface area contributed by atoms with Crippen LogP contribution in [0.15, 0.2) is 18.2 Å². The molecule has 0 heterocycles.